The van der Waals surface area contributed by atoms with Gasteiger partial charge in [0.2, 0.25) is 0 Å². The molecule has 0 aromatic carbocycles. The van der Waals surface area contributed by atoms with Crippen molar-refractivity contribution in [2.75, 3.05) is 33.8 Å². The maximum Gasteiger partial charge on any atom is 0.361 e. The van der Waals surface area contributed by atoms with Gasteiger partial charge in [-0.3, -0.25) is 0 Å². The Hall–Kier alpha value is -0.540. The van der Waals surface area contributed by atoms with Gasteiger partial charge in [0, 0.05) is 5.03 Å². The van der Waals surface area contributed by atoms with Crippen molar-refractivity contribution in [2.24, 2.45) is 0 Å². The van der Waals surface area contributed by atoms with Crippen LogP contribution in [0.3, 0.4) is 0 Å². The van der Waals surface area contributed by atoms with Crippen LogP contribution in [0.15, 0.2) is 11.1 Å². The Labute approximate surface area is 129 Å². The molecule has 3 nitrogen and oxygen atoms in total. The minimum absolute atomic E-state index is 0.121. The Morgan fingerprint density at radius 2 is 1.75 bits per heavy atom. The van der Waals surface area contributed by atoms with Crippen molar-refractivity contribution in [1.29, 1.82) is 0 Å². The summed E-state index contributed by atoms with van der Waals surface area (Å²) in [7, 11) is 4.00. The monoisotopic (exact) mass is 304 g/mol. The van der Waals surface area contributed by atoms with Crippen LogP contribution in [-0.4, -0.2) is 44.2 Å². The average Bonchev–Trinajstić information content (AvgIpc) is 2.35. The molecular formula is C16H31ClNO2+. The summed E-state index contributed by atoms with van der Waals surface area (Å²) in [6, 6.07) is 0. The van der Waals surface area contributed by atoms with Crippen molar-refractivity contribution in [3.63, 3.8) is 0 Å². The highest BCUT2D eigenvalue weighted by atomic mass is 35.5. The second-order valence-corrected chi connectivity index (χ2v) is 6.65. The summed E-state index contributed by atoms with van der Waals surface area (Å²) in [5.41, 5.74) is 0. The van der Waals surface area contributed by atoms with Gasteiger partial charge < -0.3 is 9.22 Å². The summed E-state index contributed by atoms with van der Waals surface area (Å²) in [6.07, 6.45) is 9.16. The maximum atomic E-state index is 11.7. The Kier molecular flexibility index (Phi) is 10.9. The fraction of sp³-hybridized carbons (Fsp3) is 0.812. The lowest BCUT2D eigenvalue weighted by molar-refractivity contribution is -0.877. The van der Waals surface area contributed by atoms with E-state index in [1.54, 1.807) is 0 Å². The molecule has 0 aliphatic carbocycles. The molecule has 0 saturated carbocycles. The molecule has 0 aromatic rings. The molecule has 4 heteroatoms. The molecule has 0 fully saturated rings. The normalized spacial score (nSPS) is 12.6. The highest BCUT2D eigenvalue weighted by Gasteiger charge is 2.19. The van der Waals surface area contributed by atoms with E-state index < -0.39 is 0 Å². The minimum Gasteiger partial charge on any atom is -0.462 e. The van der Waals surface area contributed by atoms with Crippen molar-refractivity contribution in [3.05, 3.63) is 11.1 Å². The van der Waals surface area contributed by atoms with Gasteiger partial charge >= 0.3 is 5.97 Å². The lowest BCUT2D eigenvalue weighted by Gasteiger charge is -2.27. The molecule has 0 aliphatic rings. The Morgan fingerprint density at radius 1 is 1.15 bits per heavy atom. The van der Waals surface area contributed by atoms with Crippen molar-refractivity contribution >= 4 is 17.6 Å². The Bertz CT molecular complexity index is 297. The molecule has 0 N–H and O–H groups in total. The van der Waals surface area contributed by atoms with Gasteiger partial charge in [-0.25, -0.2) is 4.79 Å². The van der Waals surface area contributed by atoms with Gasteiger partial charge in [-0.2, -0.15) is 0 Å². The molecule has 0 atom stereocenters. The second-order valence-electron chi connectivity index (χ2n) is 6.06. The first-order valence-electron chi connectivity index (χ1n) is 7.67. The molecule has 0 heterocycles. The van der Waals surface area contributed by atoms with E-state index in [-0.39, 0.29) is 5.97 Å². The third-order valence-electron chi connectivity index (χ3n) is 3.18. The number of ether oxygens (including phenoxy) is 1. The summed E-state index contributed by atoms with van der Waals surface area (Å²) >= 11 is 5.81. The Morgan fingerprint density at radius 3 is 2.35 bits per heavy atom. The number of hydrogen-bond donors (Lipinski definition) is 0. The quantitative estimate of drug-likeness (QED) is 0.326. The van der Waals surface area contributed by atoms with Crippen molar-refractivity contribution in [2.45, 2.75) is 52.4 Å². The van der Waals surface area contributed by atoms with Gasteiger partial charge in [-0.1, -0.05) is 50.6 Å². The van der Waals surface area contributed by atoms with Crippen LogP contribution in [0, 0.1) is 0 Å². The number of nitrogens with zero attached hydrogens (tertiary/aromatic N) is 1. The molecule has 0 spiro atoms. The second kappa shape index (κ2) is 11.2. The third kappa shape index (κ3) is 12.5. The zero-order valence-electron chi connectivity index (χ0n) is 13.6. The smallest absolute Gasteiger partial charge is 0.361 e. The topological polar surface area (TPSA) is 26.3 Å². The number of carbonyl (C=O) groups excluding carboxylic acids is 1. The molecular weight excluding hydrogens is 274 g/mol. The molecule has 0 amide bonds. The van der Waals surface area contributed by atoms with E-state index in [4.69, 9.17) is 16.3 Å². The molecule has 0 rings (SSSR count). The van der Waals surface area contributed by atoms with E-state index in [2.05, 4.69) is 6.92 Å². The van der Waals surface area contributed by atoms with Gasteiger partial charge in [-0.05, 0) is 19.4 Å². The highest BCUT2D eigenvalue weighted by Crippen LogP contribution is 2.06. The summed E-state index contributed by atoms with van der Waals surface area (Å²) in [6.45, 7) is 5.73. The van der Waals surface area contributed by atoms with Crippen LogP contribution in [0.5, 0.6) is 0 Å². The first-order valence-corrected chi connectivity index (χ1v) is 8.05. The van der Waals surface area contributed by atoms with Crippen LogP contribution in [-0.2, 0) is 9.53 Å². The van der Waals surface area contributed by atoms with Gasteiger partial charge in [-0.15, -0.1) is 0 Å². The number of likely N-dealkylation sites (N-methyl/N-ethyl adjacent to an activating group) is 1. The van der Waals surface area contributed by atoms with E-state index in [1.165, 1.54) is 25.7 Å². The van der Waals surface area contributed by atoms with Gasteiger partial charge in [0.25, 0.3) is 0 Å². The molecule has 20 heavy (non-hydrogen) atoms. The van der Waals surface area contributed by atoms with Crippen LogP contribution in [0.1, 0.15) is 52.4 Å². The first kappa shape index (κ1) is 19.5. The van der Waals surface area contributed by atoms with Gasteiger partial charge in [0.1, 0.15) is 0 Å². The lowest BCUT2D eigenvalue weighted by atomic mass is 10.1. The SMILES string of the molecule is CCCCCCCCOC(=O)C[N+](C)(C)C/C=C(/C)Cl. The third-order valence-corrected chi connectivity index (χ3v) is 3.34. The van der Waals surface area contributed by atoms with E-state index in [1.807, 2.05) is 27.1 Å². The predicted molar refractivity (Wildman–Crippen MR) is 85.8 cm³/mol. The van der Waals surface area contributed by atoms with Gasteiger partial charge in [0.05, 0.1) is 27.2 Å². The standard InChI is InChI=1S/C16H31ClNO2/c1-5-6-7-8-9-10-13-20-16(19)14-18(3,4)12-11-15(2)17/h11H,5-10,12-14H2,1-4H3/q+1/b15-11-. The number of unbranched alkanes of at least 4 members (excludes halogenated alkanes) is 5. The first-order chi connectivity index (χ1) is 9.37. The number of halogens is 1. The van der Waals surface area contributed by atoms with Gasteiger partial charge in [0.15, 0.2) is 6.54 Å². The predicted octanol–water partition coefficient (Wildman–Crippen LogP) is 4.11. The largest absolute Gasteiger partial charge is 0.462 e. The number of hydrogen-bond acceptors (Lipinski definition) is 2. The molecule has 118 valence electrons. The van der Waals surface area contributed by atoms with Crippen LogP contribution >= 0.6 is 11.6 Å². The summed E-state index contributed by atoms with van der Waals surface area (Å²) < 4.78 is 5.85. The number of carbonyl (C=O) groups is 1. The number of allylic oxidation sites excluding steroid dienone is 1. The van der Waals surface area contributed by atoms with Crippen LogP contribution in [0.4, 0.5) is 0 Å². The van der Waals surface area contributed by atoms with Crippen molar-refractivity contribution < 1.29 is 14.0 Å². The van der Waals surface area contributed by atoms with Crippen LogP contribution < -0.4 is 0 Å². The molecule has 0 bridgehead atoms. The molecule has 0 radical (unpaired) electrons. The number of rotatable bonds is 11. The van der Waals surface area contributed by atoms with Crippen molar-refractivity contribution in [1.82, 2.24) is 0 Å². The fourth-order valence-corrected chi connectivity index (χ4v) is 1.97. The number of quaternary nitrogens is 1. The van der Waals surface area contributed by atoms with Crippen molar-refractivity contribution in [3.8, 4) is 0 Å². The lowest BCUT2D eigenvalue weighted by Crippen LogP contribution is -2.44. The summed E-state index contributed by atoms with van der Waals surface area (Å²) in [4.78, 5) is 11.7. The van der Waals surface area contributed by atoms with Crippen LogP contribution in [0.25, 0.3) is 0 Å². The molecule has 0 aromatic heterocycles. The Balaban J connectivity index is 3.69. The minimum atomic E-state index is -0.121. The average molecular weight is 305 g/mol. The van der Waals surface area contributed by atoms with Crippen LogP contribution in [0.2, 0.25) is 0 Å². The van der Waals surface area contributed by atoms with E-state index >= 15 is 0 Å². The van der Waals surface area contributed by atoms with E-state index in [9.17, 15) is 4.79 Å². The van der Waals surface area contributed by atoms with E-state index in [0.29, 0.717) is 17.6 Å². The zero-order valence-corrected chi connectivity index (χ0v) is 14.3. The molecule has 0 aliphatic heterocycles. The summed E-state index contributed by atoms with van der Waals surface area (Å²) in [5, 5.41) is 0.761. The molecule has 0 saturated heterocycles. The maximum absolute atomic E-state index is 11.7. The zero-order chi connectivity index (χ0) is 15.4. The fourth-order valence-electron chi connectivity index (χ4n) is 1.90. The van der Waals surface area contributed by atoms with E-state index in [0.717, 1.165) is 24.4 Å². The highest BCUT2D eigenvalue weighted by molar-refractivity contribution is 6.29. The summed E-state index contributed by atoms with van der Waals surface area (Å²) in [5.74, 6) is -0.121. The number of esters is 1. The molecule has 0 unspecified atom stereocenters.